The third kappa shape index (κ3) is 5.14. The summed E-state index contributed by atoms with van der Waals surface area (Å²) in [7, 11) is 3.43. The van der Waals surface area contributed by atoms with E-state index in [0.29, 0.717) is 17.8 Å². The van der Waals surface area contributed by atoms with Crippen LogP contribution in [0, 0.1) is 0 Å². The maximum absolute atomic E-state index is 12.3. The number of nitrogens with zero attached hydrogens (tertiary/aromatic N) is 2. The van der Waals surface area contributed by atoms with E-state index in [0.717, 1.165) is 18.6 Å². The zero-order chi connectivity index (χ0) is 15.9. The number of methoxy groups -OCH3 is 1. The largest absolute Gasteiger partial charge is 0.497 e. The first-order chi connectivity index (χ1) is 10.6. The first-order valence-electron chi connectivity index (χ1n) is 7.19. The lowest BCUT2D eigenvalue weighted by atomic mass is 10.1. The molecule has 2 aromatic rings. The summed E-state index contributed by atoms with van der Waals surface area (Å²) in [5.41, 5.74) is 7.94. The molecule has 23 heavy (non-hydrogen) atoms. The van der Waals surface area contributed by atoms with Crippen molar-refractivity contribution < 1.29 is 9.53 Å². The minimum Gasteiger partial charge on any atom is -0.497 e. The summed E-state index contributed by atoms with van der Waals surface area (Å²) in [6.07, 6.45) is 4.88. The molecule has 1 aromatic heterocycles. The molecular weight excluding hydrogens is 314 g/mol. The molecule has 124 valence electrons. The van der Waals surface area contributed by atoms with Gasteiger partial charge in [-0.2, -0.15) is 0 Å². The minimum absolute atomic E-state index is 0. The second kappa shape index (κ2) is 9.00. The molecule has 0 aliphatic rings. The van der Waals surface area contributed by atoms with Gasteiger partial charge in [0.05, 0.1) is 12.7 Å². The maximum Gasteiger partial charge on any atom is 0.257 e. The fraction of sp³-hybridized carbons (Fsp3) is 0.294. The van der Waals surface area contributed by atoms with E-state index in [4.69, 9.17) is 10.5 Å². The summed E-state index contributed by atoms with van der Waals surface area (Å²) < 4.78 is 5.13. The molecule has 5 nitrogen and oxygen atoms in total. The van der Waals surface area contributed by atoms with Crippen molar-refractivity contribution >= 4 is 24.0 Å². The van der Waals surface area contributed by atoms with Crippen molar-refractivity contribution in [2.45, 2.75) is 12.8 Å². The Morgan fingerprint density at radius 2 is 1.96 bits per heavy atom. The predicted molar refractivity (Wildman–Crippen MR) is 94.2 cm³/mol. The van der Waals surface area contributed by atoms with E-state index < -0.39 is 0 Å². The van der Waals surface area contributed by atoms with E-state index >= 15 is 0 Å². The Morgan fingerprint density at radius 3 is 2.57 bits per heavy atom. The van der Waals surface area contributed by atoms with Gasteiger partial charge < -0.3 is 15.4 Å². The number of rotatable bonds is 6. The highest BCUT2D eigenvalue weighted by Crippen LogP contribution is 2.14. The predicted octanol–water partition coefficient (Wildman–Crippen LogP) is 2.80. The van der Waals surface area contributed by atoms with Crippen LogP contribution in [0.4, 0.5) is 5.69 Å². The number of benzene rings is 1. The van der Waals surface area contributed by atoms with Crippen LogP contribution in [-0.2, 0) is 6.42 Å². The summed E-state index contributed by atoms with van der Waals surface area (Å²) in [6, 6.07) is 9.61. The highest BCUT2D eigenvalue weighted by Gasteiger charge is 2.14. The van der Waals surface area contributed by atoms with Crippen molar-refractivity contribution in [3.63, 3.8) is 0 Å². The smallest absolute Gasteiger partial charge is 0.257 e. The molecule has 0 aliphatic carbocycles. The van der Waals surface area contributed by atoms with Crippen LogP contribution in [0.25, 0.3) is 0 Å². The number of nitrogens with two attached hydrogens (primary N) is 1. The average Bonchev–Trinajstić information content (AvgIpc) is 2.55. The Morgan fingerprint density at radius 1 is 1.26 bits per heavy atom. The molecule has 2 N–H and O–H groups in total. The SMILES string of the molecule is COc1ccc(CCCN(C)C(=O)c2cnccc2N)cc1.Cl. The number of hydrogen-bond acceptors (Lipinski definition) is 4. The Kier molecular flexibility index (Phi) is 7.35. The fourth-order valence-corrected chi connectivity index (χ4v) is 2.20. The lowest BCUT2D eigenvalue weighted by Gasteiger charge is -2.17. The maximum atomic E-state index is 12.3. The topological polar surface area (TPSA) is 68.5 Å². The molecule has 0 unspecified atom stereocenters. The molecule has 6 heteroatoms. The molecule has 0 saturated heterocycles. The standard InChI is InChI=1S/C17H21N3O2.ClH/c1-20(17(21)15-12-19-10-9-16(15)18)11-3-4-13-5-7-14(22-2)8-6-13;/h5-10,12H,3-4,11H2,1-2H3,(H2,18,19);1H. The van der Waals surface area contributed by atoms with Gasteiger partial charge in [-0.05, 0) is 36.6 Å². The molecular formula is C17H22ClN3O2. The molecule has 1 heterocycles. The highest BCUT2D eigenvalue weighted by molar-refractivity contribution is 5.98. The Hall–Kier alpha value is -2.27. The first kappa shape index (κ1) is 18.8. The third-order valence-corrected chi connectivity index (χ3v) is 3.55. The Balaban J connectivity index is 0.00000264. The second-order valence-corrected chi connectivity index (χ2v) is 5.14. The van der Waals surface area contributed by atoms with E-state index in [2.05, 4.69) is 4.98 Å². The molecule has 0 aliphatic heterocycles. The van der Waals surface area contributed by atoms with Crippen LogP contribution in [0.15, 0.2) is 42.7 Å². The zero-order valence-corrected chi connectivity index (χ0v) is 14.2. The van der Waals surface area contributed by atoms with Crippen molar-refractivity contribution in [1.29, 1.82) is 0 Å². The summed E-state index contributed by atoms with van der Waals surface area (Å²) >= 11 is 0. The molecule has 2 rings (SSSR count). The lowest BCUT2D eigenvalue weighted by molar-refractivity contribution is 0.0794. The monoisotopic (exact) mass is 335 g/mol. The van der Waals surface area contributed by atoms with Crippen LogP contribution in [0.3, 0.4) is 0 Å². The van der Waals surface area contributed by atoms with Gasteiger partial charge in [-0.15, -0.1) is 12.4 Å². The van der Waals surface area contributed by atoms with Crippen LogP contribution in [-0.4, -0.2) is 36.5 Å². The van der Waals surface area contributed by atoms with E-state index in [1.54, 1.807) is 31.3 Å². The molecule has 0 radical (unpaired) electrons. The van der Waals surface area contributed by atoms with Gasteiger partial charge in [0.1, 0.15) is 5.75 Å². The van der Waals surface area contributed by atoms with Gasteiger partial charge in [0.2, 0.25) is 0 Å². The Bertz CT molecular complexity index is 632. The number of pyridine rings is 1. The zero-order valence-electron chi connectivity index (χ0n) is 13.4. The molecule has 0 fully saturated rings. The number of nitrogen functional groups attached to an aromatic ring is 1. The Labute approximate surface area is 142 Å². The van der Waals surface area contributed by atoms with Crippen LogP contribution in [0.5, 0.6) is 5.75 Å². The van der Waals surface area contributed by atoms with Crippen molar-refractivity contribution in [2.75, 3.05) is 26.4 Å². The lowest BCUT2D eigenvalue weighted by Crippen LogP contribution is -2.28. The van der Waals surface area contributed by atoms with Crippen molar-refractivity contribution in [3.05, 3.63) is 53.9 Å². The van der Waals surface area contributed by atoms with Gasteiger partial charge in [0, 0.05) is 31.7 Å². The van der Waals surface area contributed by atoms with Gasteiger partial charge in [-0.1, -0.05) is 12.1 Å². The minimum atomic E-state index is -0.0969. The van der Waals surface area contributed by atoms with Crippen molar-refractivity contribution in [1.82, 2.24) is 9.88 Å². The number of aryl methyl sites for hydroxylation is 1. The molecule has 0 bridgehead atoms. The molecule has 0 saturated carbocycles. The van der Waals surface area contributed by atoms with Gasteiger partial charge in [0.15, 0.2) is 0 Å². The van der Waals surface area contributed by atoms with E-state index in [9.17, 15) is 4.79 Å². The van der Waals surface area contributed by atoms with Crippen LogP contribution >= 0.6 is 12.4 Å². The molecule has 1 aromatic carbocycles. The van der Waals surface area contributed by atoms with Crippen molar-refractivity contribution in [3.8, 4) is 5.75 Å². The number of hydrogen-bond donors (Lipinski definition) is 1. The van der Waals surface area contributed by atoms with E-state index in [1.807, 2.05) is 24.3 Å². The molecule has 0 spiro atoms. The first-order valence-corrected chi connectivity index (χ1v) is 7.19. The fourth-order valence-electron chi connectivity index (χ4n) is 2.20. The summed E-state index contributed by atoms with van der Waals surface area (Å²) in [5.74, 6) is 0.753. The number of aromatic nitrogens is 1. The van der Waals surface area contributed by atoms with Gasteiger partial charge >= 0.3 is 0 Å². The highest BCUT2D eigenvalue weighted by atomic mass is 35.5. The summed E-state index contributed by atoms with van der Waals surface area (Å²) in [6.45, 7) is 0.666. The van der Waals surface area contributed by atoms with Gasteiger partial charge in [0.25, 0.3) is 5.91 Å². The number of carbonyl (C=O) groups excluding carboxylic acids is 1. The average molecular weight is 336 g/mol. The van der Waals surface area contributed by atoms with Gasteiger partial charge in [-0.25, -0.2) is 0 Å². The number of anilines is 1. The number of ether oxygens (including phenoxy) is 1. The quantitative estimate of drug-likeness (QED) is 0.881. The van der Waals surface area contributed by atoms with Crippen LogP contribution in [0.2, 0.25) is 0 Å². The van der Waals surface area contributed by atoms with Crippen LogP contribution in [0.1, 0.15) is 22.3 Å². The third-order valence-electron chi connectivity index (χ3n) is 3.55. The molecule has 0 atom stereocenters. The van der Waals surface area contributed by atoms with E-state index in [-0.39, 0.29) is 18.3 Å². The number of carbonyl (C=O) groups is 1. The summed E-state index contributed by atoms with van der Waals surface area (Å²) in [5, 5.41) is 0. The van der Waals surface area contributed by atoms with Crippen molar-refractivity contribution in [2.24, 2.45) is 0 Å². The van der Waals surface area contributed by atoms with Gasteiger partial charge in [-0.3, -0.25) is 9.78 Å². The number of amides is 1. The number of halogens is 1. The normalized spacial score (nSPS) is 9.83. The summed E-state index contributed by atoms with van der Waals surface area (Å²) in [4.78, 5) is 17.9. The van der Waals surface area contributed by atoms with Crippen LogP contribution < -0.4 is 10.5 Å². The molecule has 1 amide bonds. The van der Waals surface area contributed by atoms with E-state index in [1.165, 1.54) is 11.8 Å². The second-order valence-electron chi connectivity index (χ2n) is 5.14.